The largest absolute Gasteiger partial charge is 0.487 e. The Balaban J connectivity index is 1.43. The van der Waals surface area contributed by atoms with E-state index in [4.69, 9.17) is 9.26 Å². The molecule has 31 heavy (non-hydrogen) atoms. The van der Waals surface area contributed by atoms with Crippen LogP contribution in [0.1, 0.15) is 21.9 Å². The van der Waals surface area contributed by atoms with Gasteiger partial charge in [-0.25, -0.2) is 14.4 Å². The van der Waals surface area contributed by atoms with E-state index in [9.17, 15) is 22.4 Å². The van der Waals surface area contributed by atoms with E-state index in [1.54, 1.807) is 11.8 Å². The molecular formula is C18H14F4N6O3. The molecule has 0 bridgehead atoms. The fourth-order valence-electron chi connectivity index (χ4n) is 2.93. The van der Waals surface area contributed by atoms with Gasteiger partial charge in [-0.15, -0.1) is 0 Å². The summed E-state index contributed by atoms with van der Waals surface area (Å²) in [6.07, 6.45) is -2.60. The average molecular weight is 438 g/mol. The molecule has 4 rings (SSSR count). The Labute approximate surface area is 172 Å². The van der Waals surface area contributed by atoms with Crippen LogP contribution in [0.4, 0.5) is 29.3 Å². The number of aryl methyl sites for hydroxylation is 1. The summed E-state index contributed by atoms with van der Waals surface area (Å²) in [6, 6.07) is 1.93. The number of hydrogen-bond acceptors (Lipinski definition) is 8. The van der Waals surface area contributed by atoms with Crippen molar-refractivity contribution in [2.24, 2.45) is 0 Å². The van der Waals surface area contributed by atoms with Crippen molar-refractivity contribution in [2.75, 3.05) is 23.3 Å². The number of amides is 1. The summed E-state index contributed by atoms with van der Waals surface area (Å²) < 4.78 is 62.4. The predicted octanol–water partition coefficient (Wildman–Crippen LogP) is 2.85. The summed E-state index contributed by atoms with van der Waals surface area (Å²) in [6.45, 7) is 2.04. The number of ether oxygens (including phenoxy) is 1. The summed E-state index contributed by atoms with van der Waals surface area (Å²) in [5.74, 6) is -1.55. The average Bonchev–Trinajstić information content (AvgIpc) is 3.08. The second kappa shape index (κ2) is 7.81. The van der Waals surface area contributed by atoms with Crippen molar-refractivity contribution in [2.45, 2.75) is 19.2 Å². The Morgan fingerprint density at radius 3 is 2.74 bits per heavy atom. The number of nitrogens with one attached hydrogen (secondary N) is 1. The molecule has 3 aromatic rings. The molecule has 0 aliphatic carbocycles. The number of rotatable bonds is 5. The Bertz CT molecular complexity index is 1110. The van der Waals surface area contributed by atoms with Gasteiger partial charge in [-0.2, -0.15) is 18.2 Å². The third-order valence-electron chi connectivity index (χ3n) is 4.35. The molecule has 0 spiro atoms. The van der Waals surface area contributed by atoms with Crippen LogP contribution in [0.3, 0.4) is 0 Å². The first kappa shape index (κ1) is 20.5. The number of carbonyl (C=O) groups excluding carboxylic acids is 1. The van der Waals surface area contributed by atoms with Gasteiger partial charge in [0.2, 0.25) is 0 Å². The van der Waals surface area contributed by atoms with E-state index >= 15 is 0 Å². The third kappa shape index (κ3) is 4.54. The van der Waals surface area contributed by atoms with Gasteiger partial charge in [-0.05, 0) is 19.1 Å². The fraction of sp³-hybridized carbons (Fsp3) is 0.278. The Hall–Kier alpha value is -3.77. The zero-order valence-corrected chi connectivity index (χ0v) is 15.9. The van der Waals surface area contributed by atoms with Crippen LogP contribution < -0.4 is 15.0 Å². The second-order valence-corrected chi connectivity index (χ2v) is 6.68. The summed E-state index contributed by atoms with van der Waals surface area (Å²) in [5.41, 5.74) is -0.717. The summed E-state index contributed by atoms with van der Waals surface area (Å²) in [4.78, 5) is 25.9. The molecule has 1 amide bonds. The van der Waals surface area contributed by atoms with E-state index in [0.29, 0.717) is 17.6 Å². The molecular weight excluding hydrogens is 424 g/mol. The molecule has 1 aromatic carbocycles. The van der Waals surface area contributed by atoms with E-state index < -0.39 is 29.6 Å². The summed E-state index contributed by atoms with van der Waals surface area (Å²) >= 11 is 0. The summed E-state index contributed by atoms with van der Waals surface area (Å²) in [7, 11) is 0. The van der Waals surface area contributed by atoms with E-state index in [1.807, 2.05) is 0 Å². The fourth-order valence-corrected chi connectivity index (χ4v) is 2.93. The molecule has 162 valence electrons. The van der Waals surface area contributed by atoms with Gasteiger partial charge >= 0.3 is 12.2 Å². The molecule has 1 aliphatic rings. The van der Waals surface area contributed by atoms with Gasteiger partial charge < -0.3 is 14.2 Å². The van der Waals surface area contributed by atoms with E-state index in [1.165, 1.54) is 12.5 Å². The first-order valence-electron chi connectivity index (χ1n) is 8.90. The van der Waals surface area contributed by atoms with Crippen LogP contribution in [-0.2, 0) is 6.18 Å². The number of alkyl halides is 3. The third-order valence-corrected chi connectivity index (χ3v) is 4.35. The normalized spacial score (nSPS) is 14.3. The number of anilines is 2. The number of aromatic nitrogens is 4. The minimum Gasteiger partial charge on any atom is -0.487 e. The maximum Gasteiger partial charge on any atom is 0.416 e. The lowest BCUT2D eigenvalue weighted by Crippen LogP contribution is -2.54. The minimum absolute atomic E-state index is 0.0365. The highest BCUT2D eigenvalue weighted by atomic mass is 19.4. The highest BCUT2D eigenvalue weighted by Crippen LogP contribution is 2.33. The van der Waals surface area contributed by atoms with Crippen LogP contribution >= 0.6 is 0 Å². The molecule has 9 nitrogen and oxygen atoms in total. The van der Waals surface area contributed by atoms with Crippen molar-refractivity contribution < 1.29 is 31.6 Å². The van der Waals surface area contributed by atoms with E-state index in [0.717, 1.165) is 12.1 Å². The Morgan fingerprint density at radius 1 is 1.29 bits per heavy atom. The van der Waals surface area contributed by atoms with Crippen molar-refractivity contribution >= 4 is 17.6 Å². The van der Waals surface area contributed by atoms with Crippen LogP contribution in [0.15, 0.2) is 35.2 Å². The summed E-state index contributed by atoms with van der Waals surface area (Å²) in [5, 5.41) is 5.99. The zero-order valence-electron chi connectivity index (χ0n) is 15.9. The van der Waals surface area contributed by atoms with Crippen LogP contribution in [0, 0.1) is 12.7 Å². The van der Waals surface area contributed by atoms with Crippen LogP contribution in [-0.4, -0.2) is 45.2 Å². The first-order chi connectivity index (χ1) is 14.7. The lowest BCUT2D eigenvalue weighted by molar-refractivity contribution is -0.137. The van der Waals surface area contributed by atoms with Crippen LogP contribution in [0.25, 0.3) is 0 Å². The topological polar surface area (TPSA) is 106 Å². The number of benzene rings is 1. The second-order valence-electron chi connectivity index (χ2n) is 6.68. The van der Waals surface area contributed by atoms with Gasteiger partial charge in [-0.1, -0.05) is 5.16 Å². The molecule has 1 fully saturated rings. The van der Waals surface area contributed by atoms with Gasteiger partial charge in [0.05, 0.1) is 30.5 Å². The predicted molar refractivity (Wildman–Crippen MR) is 97.1 cm³/mol. The number of halogens is 4. The standard InChI is InChI=1S/C18H14F4N6O3/c1-9-25-17(31-27-9)26-16(29)15-14(5-23-8-24-15)28-6-13(7-28)30-12-3-10(18(20,21)22)2-11(19)4-12/h2-5,8,13H,6-7H2,1H3,(H,25,26,27,29). The van der Waals surface area contributed by atoms with Crippen molar-refractivity contribution in [3.8, 4) is 5.75 Å². The zero-order chi connectivity index (χ0) is 22.2. The first-order valence-corrected chi connectivity index (χ1v) is 8.90. The molecule has 3 heterocycles. The molecule has 1 N–H and O–H groups in total. The Kier molecular flexibility index (Phi) is 5.17. The van der Waals surface area contributed by atoms with Crippen molar-refractivity contribution in [1.82, 2.24) is 20.1 Å². The highest BCUT2D eigenvalue weighted by molar-refractivity contribution is 6.05. The molecule has 2 aromatic heterocycles. The van der Waals surface area contributed by atoms with E-state index in [-0.39, 0.29) is 30.5 Å². The van der Waals surface area contributed by atoms with Crippen molar-refractivity contribution in [1.29, 1.82) is 0 Å². The van der Waals surface area contributed by atoms with Crippen molar-refractivity contribution in [3.63, 3.8) is 0 Å². The monoisotopic (exact) mass is 438 g/mol. The lowest BCUT2D eigenvalue weighted by Gasteiger charge is -2.40. The molecule has 1 saturated heterocycles. The molecule has 0 atom stereocenters. The molecule has 13 heteroatoms. The number of carbonyl (C=O) groups is 1. The van der Waals surface area contributed by atoms with Gasteiger partial charge in [0, 0.05) is 6.07 Å². The van der Waals surface area contributed by atoms with E-state index in [2.05, 4.69) is 25.4 Å². The minimum atomic E-state index is -4.69. The maximum absolute atomic E-state index is 13.5. The van der Waals surface area contributed by atoms with Gasteiger partial charge in [0.15, 0.2) is 11.5 Å². The smallest absolute Gasteiger partial charge is 0.416 e. The quantitative estimate of drug-likeness (QED) is 0.607. The lowest BCUT2D eigenvalue weighted by atomic mass is 10.1. The van der Waals surface area contributed by atoms with Crippen molar-refractivity contribution in [3.05, 3.63) is 53.6 Å². The van der Waals surface area contributed by atoms with Gasteiger partial charge in [0.1, 0.15) is 24.0 Å². The SMILES string of the molecule is Cc1noc(NC(=O)c2ncncc2N2CC(Oc3cc(F)cc(C(F)(F)F)c3)C2)n1. The van der Waals surface area contributed by atoms with Gasteiger partial charge in [-0.3, -0.25) is 10.1 Å². The van der Waals surface area contributed by atoms with Crippen LogP contribution in [0.2, 0.25) is 0 Å². The number of nitrogens with zero attached hydrogens (tertiary/aromatic N) is 5. The maximum atomic E-state index is 13.5. The molecule has 0 radical (unpaired) electrons. The molecule has 0 saturated carbocycles. The van der Waals surface area contributed by atoms with Gasteiger partial charge in [0.25, 0.3) is 5.91 Å². The van der Waals surface area contributed by atoms with Crippen LogP contribution in [0.5, 0.6) is 5.75 Å². The highest BCUT2D eigenvalue weighted by Gasteiger charge is 2.34. The number of hydrogen-bond donors (Lipinski definition) is 1. The molecule has 0 unspecified atom stereocenters. The Morgan fingerprint density at radius 2 is 2.06 bits per heavy atom. The molecule has 1 aliphatic heterocycles.